The van der Waals surface area contributed by atoms with Crippen LogP contribution in [0.2, 0.25) is 0 Å². The van der Waals surface area contributed by atoms with Gasteiger partial charge in [0, 0.05) is 37.0 Å². The molecule has 4 N–H and O–H groups in total. The van der Waals surface area contributed by atoms with Crippen LogP contribution >= 0.6 is 0 Å². The molecule has 336 valence electrons. The van der Waals surface area contributed by atoms with Gasteiger partial charge in [-0.2, -0.15) is 0 Å². The Labute approximate surface area is 369 Å². The third-order valence-corrected chi connectivity index (χ3v) is 9.54. The van der Waals surface area contributed by atoms with Gasteiger partial charge in [-0.1, -0.05) is 84.9 Å². The molecule has 2 amide bonds. The van der Waals surface area contributed by atoms with Gasteiger partial charge in [-0.3, -0.25) is 33.6 Å². The monoisotopic (exact) mass is 865 g/mol. The van der Waals surface area contributed by atoms with Gasteiger partial charge in [0.2, 0.25) is 11.8 Å². The molecular formula is C49H59N3O11. The number of benzene rings is 4. The summed E-state index contributed by atoms with van der Waals surface area (Å²) >= 11 is 0. The molecule has 4 aromatic carbocycles. The minimum absolute atomic E-state index is 0.000363. The van der Waals surface area contributed by atoms with Gasteiger partial charge in [0.05, 0.1) is 53.1 Å². The zero-order valence-corrected chi connectivity index (χ0v) is 36.7. The molecule has 0 spiro atoms. The van der Waals surface area contributed by atoms with E-state index >= 15 is 0 Å². The number of hydrogen-bond donors (Lipinski definition) is 3. The molecular weight excluding hydrogens is 807 g/mol. The van der Waals surface area contributed by atoms with Gasteiger partial charge in [-0.25, -0.2) is 0 Å². The lowest BCUT2D eigenvalue weighted by atomic mass is 9.97. The fourth-order valence-electron chi connectivity index (χ4n) is 6.53. The Morgan fingerprint density at radius 2 is 0.952 bits per heavy atom. The summed E-state index contributed by atoms with van der Waals surface area (Å²) in [6, 6.07) is 30.3. The van der Waals surface area contributed by atoms with E-state index < -0.39 is 30.0 Å². The van der Waals surface area contributed by atoms with Crippen LogP contribution in [-0.2, 0) is 71.8 Å². The summed E-state index contributed by atoms with van der Waals surface area (Å²) in [7, 11) is 2.55. The van der Waals surface area contributed by atoms with Gasteiger partial charge >= 0.3 is 23.9 Å². The van der Waals surface area contributed by atoms with Gasteiger partial charge in [0.1, 0.15) is 5.78 Å². The third kappa shape index (κ3) is 19.6. The first kappa shape index (κ1) is 50.5. The van der Waals surface area contributed by atoms with Crippen molar-refractivity contribution in [3.8, 4) is 22.3 Å². The number of amides is 2. The number of nitrogens with one attached hydrogen (secondary N) is 2. The molecule has 0 aliphatic rings. The zero-order chi connectivity index (χ0) is 46.1. The fourth-order valence-corrected chi connectivity index (χ4v) is 6.53. The second-order valence-electron chi connectivity index (χ2n) is 14.7. The maximum atomic E-state index is 12.3. The number of ether oxygens (including phenoxy) is 4. The predicted molar refractivity (Wildman–Crippen MR) is 239 cm³/mol. The van der Waals surface area contributed by atoms with E-state index in [0.717, 1.165) is 38.9 Å². The minimum Gasteiger partial charge on any atom is -0.469 e. The van der Waals surface area contributed by atoms with Gasteiger partial charge in [0.15, 0.2) is 0 Å². The molecule has 0 unspecified atom stereocenters. The number of methoxy groups -OCH3 is 2. The molecule has 2 atom stereocenters. The number of esters is 4. The van der Waals surface area contributed by atoms with Crippen LogP contribution in [0.5, 0.6) is 0 Å². The zero-order valence-electron chi connectivity index (χ0n) is 36.7. The number of anilines is 1. The molecule has 0 radical (unpaired) electrons. The number of carbonyl (C=O) groups is 7. The Hall–Kier alpha value is -6.83. The van der Waals surface area contributed by atoms with E-state index in [1.54, 1.807) is 20.8 Å². The predicted octanol–water partition coefficient (Wildman–Crippen LogP) is 6.29. The normalized spacial score (nSPS) is 11.4. The highest BCUT2D eigenvalue weighted by Crippen LogP contribution is 2.24. The van der Waals surface area contributed by atoms with E-state index in [-0.39, 0.29) is 75.3 Å². The van der Waals surface area contributed by atoms with Crippen LogP contribution in [0.1, 0.15) is 76.0 Å². The summed E-state index contributed by atoms with van der Waals surface area (Å²) in [6.07, 6.45) is 1.34. The van der Waals surface area contributed by atoms with Crippen molar-refractivity contribution in [2.75, 3.05) is 33.2 Å². The van der Waals surface area contributed by atoms with Crippen molar-refractivity contribution in [1.29, 1.82) is 0 Å². The quantitative estimate of drug-likeness (QED) is 0.0453. The number of nitrogen functional groups attached to an aromatic ring is 1. The molecule has 4 rings (SSSR count). The molecule has 14 heteroatoms. The van der Waals surface area contributed by atoms with Crippen LogP contribution in [0.4, 0.5) is 5.69 Å². The molecule has 0 aliphatic carbocycles. The first-order chi connectivity index (χ1) is 30.2. The average Bonchev–Trinajstić information content (AvgIpc) is 3.25. The number of rotatable bonds is 22. The van der Waals surface area contributed by atoms with E-state index in [0.29, 0.717) is 24.9 Å². The molecule has 0 aliphatic heterocycles. The Bertz CT molecular complexity index is 2140. The van der Waals surface area contributed by atoms with Crippen molar-refractivity contribution in [1.82, 2.24) is 10.6 Å². The van der Waals surface area contributed by atoms with Crippen LogP contribution in [-0.4, -0.2) is 81.0 Å². The lowest BCUT2D eigenvalue weighted by molar-refractivity contribution is -0.145. The van der Waals surface area contributed by atoms with E-state index in [1.807, 2.05) is 97.1 Å². The first-order valence-electron chi connectivity index (χ1n) is 20.9. The van der Waals surface area contributed by atoms with Crippen molar-refractivity contribution < 1.29 is 52.5 Å². The van der Waals surface area contributed by atoms with Crippen molar-refractivity contribution in [2.45, 2.75) is 90.6 Å². The van der Waals surface area contributed by atoms with Gasteiger partial charge < -0.3 is 35.3 Å². The van der Waals surface area contributed by atoms with Crippen LogP contribution in [0.25, 0.3) is 22.3 Å². The molecule has 0 saturated heterocycles. The van der Waals surface area contributed by atoms with Crippen molar-refractivity contribution in [3.63, 3.8) is 0 Å². The minimum atomic E-state index is -0.463. The Kier molecular flexibility index (Phi) is 21.8. The van der Waals surface area contributed by atoms with Crippen molar-refractivity contribution in [2.24, 2.45) is 0 Å². The molecule has 0 aromatic heterocycles. The number of ketones is 1. The topological polar surface area (TPSA) is 206 Å². The molecule has 0 heterocycles. The number of carbonyl (C=O) groups excluding carboxylic acids is 7. The highest BCUT2D eigenvalue weighted by molar-refractivity contribution is 5.83. The summed E-state index contributed by atoms with van der Waals surface area (Å²) in [5, 5.41) is 5.65. The second-order valence-corrected chi connectivity index (χ2v) is 14.7. The average molecular weight is 866 g/mol. The SMILES string of the molecule is CCOC(=O)C[C@@H](Cc1ccc(-c2cccc(CC(C)=O)c2)cc1)NC(=O)CCC(=O)OC.CCOC(=O)C[C@@H](Cc1ccc(-c2cccc(N)c2)cc1)NC(=O)CCC(=O)OC. The van der Waals surface area contributed by atoms with Crippen molar-refractivity contribution >= 4 is 47.2 Å². The van der Waals surface area contributed by atoms with Gasteiger partial charge in [-0.15, -0.1) is 0 Å². The summed E-state index contributed by atoms with van der Waals surface area (Å²) in [5.41, 5.74) is 13.5. The summed E-state index contributed by atoms with van der Waals surface area (Å²) in [5.74, 6) is -2.22. The third-order valence-electron chi connectivity index (χ3n) is 9.54. The van der Waals surface area contributed by atoms with E-state index in [4.69, 9.17) is 15.2 Å². The number of hydrogen-bond acceptors (Lipinski definition) is 12. The summed E-state index contributed by atoms with van der Waals surface area (Å²) in [4.78, 5) is 82.3. The van der Waals surface area contributed by atoms with E-state index in [9.17, 15) is 33.6 Å². The molecule has 0 saturated carbocycles. The molecule has 0 fully saturated rings. The lowest BCUT2D eigenvalue weighted by Crippen LogP contribution is -2.38. The lowest BCUT2D eigenvalue weighted by Gasteiger charge is -2.18. The maximum Gasteiger partial charge on any atom is 0.307 e. The van der Waals surface area contributed by atoms with Gasteiger partial charge in [-0.05, 0) is 84.7 Å². The Balaban J connectivity index is 0.000000337. The molecule has 14 nitrogen and oxygen atoms in total. The molecule has 0 bridgehead atoms. The molecule has 63 heavy (non-hydrogen) atoms. The maximum absolute atomic E-state index is 12.3. The van der Waals surface area contributed by atoms with Crippen LogP contribution in [0.3, 0.4) is 0 Å². The number of Topliss-reactive ketones (excluding diaryl/α,β-unsaturated/α-hetero) is 1. The van der Waals surface area contributed by atoms with Crippen LogP contribution in [0.15, 0.2) is 97.1 Å². The van der Waals surface area contributed by atoms with Crippen molar-refractivity contribution in [3.05, 3.63) is 114 Å². The highest BCUT2D eigenvalue weighted by Gasteiger charge is 2.20. The Morgan fingerprint density at radius 3 is 1.35 bits per heavy atom. The van der Waals surface area contributed by atoms with Gasteiger partial charge in [0.25, 0.3) is 0 Å². The highest BCUT2D eigenvalue weighted by atomic mass is 16.5. The smallest absolute Gasteiger partial charge is 0.307 e. The van der Waals surface area contributed by atoms with E-state index in [2.05, 4.69) is 20.1 Å². The summed E-state index contributed by atoms with van der Waals surface area (Å²) < 4.78 is 19.2. The summed E-state index contributed by atoms with van der Waals surface area (Å²) in [6.45, 7) is 5.57. The molecule has 4 aromatic rings. The van der Waals surface area contributed by atoms with E-state index in [1.165, 1.54) is 14.2 Å². The standard InChI is InChI=1S/C26H31NO6.C23H28N2O5/c1-4-33-26(31)17-23(27-24(29)12-13-25(30)32-3)16-19-8-10-21(11-9-19)22-7-5-6-20(15-22)14-18(2)28;1-3-30-23(28)15-20(25-21(26)11-12-22(27)29-2)13-16-7-9-17(10-8-16)18-5-4-6-19(24)14-18/h5-11,15,23H,4,12-14,16-17H2,1-3H3,(H,27,29);4-10,14,20H,3,11-13,15,24H2,1-2H3,(H,25,26)/t23-;20-/m11/s1. The fraction of sp³-hybridized carbons (Fsp3) is 0.367. The second kappa shape index (κ2) is 27.2. The number of nitrogens with two attached hydrogens (primary N) is 1. The van der Waals surface area contributed by atoms with Crippen LogP contribution < -0.4 is 16.4 Å². The first-order valence-corrected chi connectivity index (χ1v) is 20.9. The van der Waals surface area contributed by atoms with Crippen LogP contribution in [0, 0.1) is 0 Å². The largest absolute Gasteiger partial charge is 0.469 e. The Morgan fingerprint density at radius 1 is 0.524 bits per heavy atom.